The maximum atomic E-state index is 11.6. The third kappa shape index (κ3) is 3.03. The molecule has 1 aromatic heterocycles. The molecule has 0 aliphatic rings. The van der Waals surface area contributed by atoms with Gasteiger partial charge in [0.05, 0.1) is 6.61 Å². The average molecular weight is 223 g/mol. The number of hydrogen-bond acceptors (Lipinski definition) is 4. The summed E-state index contributed by atoms with van der Waals surface area (Å²) < 4.78 is 0. The molecule has 0 saturated carbocycles. The predicted molar refractivity (Wildman–Crippen MR) is 56.8 cm³/mol. The lowest BCUT2D eigenvalue weighted by atomic mass is 10.2. The molecule has 1 rings (SSSR count). The number of nitrogens with two attached hydrogens (primary N) is 1. The lowest BCUT2D eigenvalue weighted by Gasteiger charge is -2.10. The molecule has 0 bridgehead atoms. The molecule has 1 unspecified atom stereocenters. The van der Waals surface area contributed by atoms with Crippen molar-refractivity contribution in [2.45, 2.75) is 13.0 Å². The van der Waals surface area contributed by atoms with Crippen LogP contribution in [0.15, 0.2) is 18.3 Å². The summed E-state index contributed by atoms with van der Waals surface area (Å²) in [5, 5.41) is 11.3. The molecule has 6 heteroatoms. The van der Waals surface area contributed by atoms with E-state index in [9.17, 15) is 9.59 Å². The highest BCUT2D eigenvalue weighted by Crippen LogP contribution is 2.01. The molecule has 86 valence electrons. The Labute approximate surface area is 92.5 Å². The number of aliphatic hydroxyl groups is 1. The summed E-state index contributed by atoms with van der Waals surface area (Å²) in [6.45, 7) is 1.51. The zero-order valence-corrected chi connectivity index (χ0v) is 8.80. The number of aliphatic hydroxyl groups excluding tert-OH is 1. The number of carbonyl (C=O) groups excluding carboxylic acids is 2. The van der Waals surface area contributed by atoms with Gasteiger partial charge >= 0.3 is 0 Å². The summed E-state index contributed by atoms with van der Waals surface area (Å²) in [4.78, 5) is 26.1. The van der Waals surface area contributed by atoms with Crippen molar-refractivity contribution >= 4 is 11.8 Å². The molecule has 0 saturated heterocycles. The Morgan fingerprint density at radius 2 is 2.31 bits per heavy atom. The quantitative estimate of drug-likeness (QED) is 0.627. The molecule has 2 amide bonds. The number of primary amides is 1. The zero-order valence-electron chi connectivity index (χ0n) is 8.80. The molecule has 0 fully saturated rings. The lowest BCUT2D eigenvalue weighted by Crippen LogP contribution is -2.35. The van der Waals surface area contributed by atoms with E-state index in [0.29, 0.717) is 0 Å². The van der Waals surface area contributed by atoms with Crippen molar-refractivity contribution in [3.63, 3.8) is 0 Å². The van der Waals surface area contributed by atoms with Crippen LogP contribution in [-0.4, -0.2) is 34.6 Å². The van der Waals surface area contributed by atoms with Crippen LogP contribution >= 0.6 is 0 Å². The predicted octanol–water partition coefficient (Wildman–Crippen LogP) is -0.709. The van der Waals surface area contributed by atoms with Gasteiger partial charge < -0.3 is 16.2 Å². The summed E-state index contributed by atoms with van der Waals surface area (Å²) in [6.07, 6.45) is 1.33. The second-order valence-corrected chi connectivity index (χ2v) is 3.35. The summed E-state index contributed by atoms with van der Waals surface area (Å²) in [5.41, 5.74) is 5.35. The van der Waals surface area contributed by atoms with E-state index in [1.54, 1.807) is 6.92 Å². The number of hydrogen-bond donors (Lipinski definition) is 3. The molecule has 0 aliphatic heterocycles. The van der Waals surface area contributed by atoms with E-state index in [4.69, 9.17) is 10.8 Å². The minimum Gasteiger partial charge on any atom is -0.394 e. The van der Waals surface area contributed by atoms with Crippen molar-refractivity contribution in [3.8, 4) is 0 Å². The minimum absolute atomic E-state index is 0.0318. The van der Waals surface area contributed by atoms with Crippen molar-refractivity contribution in [2.24, 2.45) is 5.73 Å². The topological polar surface area (TPSA) is 105 Å². The molecule has 1 aromatic rings. The van der Waals surface area contributed by atoms with E-state index in [1.165, 1.54) is 18.3 Å². The van der Waals surface area contributed by atoms with Crippen LogP contribution in [0.4, 0.5) is 0 Å². The smallest absolute Gasteiger partial charge is 0.267 e. The van der Waals surface area contributed by atoms with Crippen molar-refractivity contribution < 1.29 is 14.7 Å². The summed E-state index contributed by atoms with van der Waals surface area (Å²) in [6, 6.07) is 2.42. The van der Waals surface area contributed by atoms with E-state index in [0.717, 1.165) is 0 Å². The Hall–Kier alpha value is -1.95. The molecule has 0 radical (unpaired) electrons. The summed E-state index contributed by atoms with van der Waals surface area (Å²) >= 11 is 0. The van der Waals surface area contributed by atoms with Gasteiger partial charge in [0.25, 0.3) is 11.8 Å². The lowest BCUT2D eigenvalue weighted by molar-refractivity contribution is 0.0922. The van der Waals surface area contributed by atoms with E-state index >= 15 is 0 Å². The Morgan fingerprint density at radius 1 is 1.62 bits per heavy atom. The van der Waals surface area contributed by atoms with Gasteiger partial charge in [0.1, 0.15) is 5.69 Å². The highest BCUT2D eigenvalue weighted by atomic mass is 16.3. The first kappa shape index (κ1) is 12.1. The number of nitrogens with zero attached hydrogens (tertiary/aromatic N) is 1. The fraction of sp³-hybridized carbons (Fsp3) is 0.300. The van der Waals surface area contributed by atoms with E-state index < -0.39 is 5.91 Å². The first-order valence-corrected chi connectivity index (χ1v) is 4.72. The highest BCUT2D eigenvalue weighted by molar-refractivity contribution is 5.98. The largest absolute Gasteiger partial charge is 0.394 e. The van der Waals surface area contributed by atoms with Crippen LogP contribution in [0, 0.1) is 0 Å². The van der Waals surface area contributed by atoms with Crippen molar-refractivity contribution in [2.75, 3.05) is 6.61 Å². The molecular weight excluding hydrogens is 210 g/mol. The third-order valence-electron chi connectivity index (χ3n) is 1.93. The van der Waals surface area contributed by atoms with E-state index in [2.05, 4.69) is 10.3 Å². The molecule has 0 aliphatic carbocycles. The Morgan fingerprint density at radius 3 is 2.88 bits per heavy atom. The molecule has 6 nitrogen and oxygen atoms in total. The maximum absolute atomic E-state index is 11.6. The van der Waals surface area contributed by atoms with Crippen LogP contribution in [0.25, 0.3) is 0 Å². The molecule has 1 heterocycles. The van der Waals surface area contributed by atoms with Crippen LogP contribution in [0.1, 0.15) is 27.8 Å². The van der Waals surface area contributed by atoms with Crippen molar-refractivity contribution in [1.29, 1.82) is 0 Å². The standard InChI is InChI=1S/C10H13N3O3/c1-6(5-14)13-10(16)7-2-3-12-8(4-7)9(11)15/h2-4,6,14H,5H2,1H3,(H2,11,15)(H,13,16). The minimum atomic E-state index is -0.690. The van der Waals surface area contributed by atoms with Crippen molar-refractivity contribution in [1.82, 2.24) is 10.3 Å². The van der Waals surface area contributed by atoms with Gasteiger partial charge in [-0.15, -0.1) is 0 Å². The summed E-state index contributed by atoms with van der Waals surface area (Å²) in [5.74, 6) is -1.07. The zero-order chi connectivity index (χ0) is 12.1. The van der Waals surface area contributed by atoms with Crippen LogP contribution in [0.3, 0.4) is 0 Å². The fourth-order valence-electron chi connectivity index (χ4n) is 1.06. The van der Waals surface area contributed by atoms with Gasteiger partial charge in [0.15, 0.2) is 0 Å². The van der Waals surface area contributed by atoms with Gasteiger partial charge in [0.2, 0.25) is 0 Å². The first-order valence-electron chi connectivity index (χ1n) is 4.72. The first-order chi connectivity index (χ1) is 7.54. The molecule has 4 N–H and O–H groups in total. The molecule has 0 aromatic carbocycles. The highest BCUT2D eigenvalue weighted by Gasteiger charge is 2.11. The second kappa shape index (κ2) is 5.22. The van der Waals surface area contributed by atoms with E-state index in [-0.39, 0.29) is 29.8 Å². The summed E-state index contributed by atoms with van der Waals surface area (Å²) in [7, 11) is 0. The third-order valence-corrected chi connectivity index (χ3v) is 1.93. The molecule has 0 spiro atoms. The van der Waals surface area contributed by atoms with Gasteiger partial charge in [-0.25, -0.2) is 0 Å². The Balaban J connectivity index is 2.83. The van der Waals surface area contributed by atoms with E-state index in [1.807, 2.05) is 0 Å². The maximum Gasteiger partial charge on any atom is 0.267 e. The fourth-order valence-corrected chi connectivity index (χ4v) is 1.06. The number of pyridine rings is 1. The SMILES string of the molecule is CC(CO)NC(=O)c1ccnc(C(N)=O)c1. The number of carbonyl (C=O) groups is 2. The average Bonchev–Trinajstić information content (AvgIpc) is 2.28. The Kier molecular flexibility index (Phi) is 3.96. The van der Waals surface area contributed by atoms with Crippen LogP contribution in [0.5, 0.6) is 0 Å². The Bertz CT molecular complexity index is 406. The second-order valence-electron chi connectivity index (χ2n) is 3.35. The van der Waals surface area contributed by atoms with Gasteiger partial charge in [0, 0.05) is 17.8 Å². The number of aromatic nitrogens is 1. The number of rotatable bonds is 4. The normalized spacial score (nSPS) is 11.9. The van der Waals surface area contributed by atoms with Crippen LogP contribution in [-0.2, 0) is 0 Å². The molecule has 1 atom stereocenters. The molecular formula is C10H13N3O3. The van der Waals surface area contributed by atoms with Gasteiger partial charge in [-0.05, 0) is 19.1 Å². The molecule has 16 heavy (non-hydrogen) atoms. The number of nitrogens with one attached hydrogen (secondary N) is 1. The number of amides is 2. The van der Waals surface area contributed by atoms with Gasteiger partial charge in [-0.1, -0.05) is 0 Å². The van der Waals surface area contributed by atoms with Crippen LogP contribution < -0.4 is 11.1 Å². The van der Waals surface area contributed by atoms with Gasteiger partial charge in [-0.3, -0.25) is 14.6 Å². The van der Waals surface area contributed by atoms with Crippen LogP contribution in [0.2, 0.25) is 0 Å². The monoisotopic (exact) mass is 223 g/mol. The van der Waals surface area contributed by atoms with Crippen molar-refractivity contribution in [3.05, 3.63) is 29.6 Å². The van der Waals surface area contributed by atoms with Gasteiger partial charge in [-0.2, -0.15) is 0 Å².